The average molecular weight is 510 g/mol. The molecule has 4 N–H and O–H groups in total. The van der Waals surface area contributed by atoms with Crippen LogP contribution in [0.15, 0.2) is 0 Å². The highest BCUT2D eigenvalue weighted by molar-refractivity contribution is 5.68. The van der Waals surface area contributed by atoms with E-state index < -0.39 is 98.5 Å². The van der Waals surface area contributed by atoms with Gasteiger partial charge in [-0.2, -0.15) is 0 Å². The molecule has 0 unspecified atom stereocenters. The van der Waals surface area contributed by atoms with Crippen LogP contribution in [0.25, 0.3) is 0 Å². The van der Waals surface area contributed by atoms with Gasteiger partial charge in [-0.1, -0.05) is 0 Å². The number of hydrogen-bond acceptors (Lipinski definition) is 15. The smallest absolute Gasteiger partial charge is 0.303 e. The summed E-state index contributed by atoms with van der Waals surface area (Å²) < 4.78 is 36.9. The largest absolute Gasteiger partial charge is 0.463 e. The molecule has 2 saturated heterocycles. The summed E-state index contributed by atoms with van der Waals surface area (Å²) in [6, 6.07) is 0. The number of aliphatic hydroxyl groups excluding tert-OH is 4. The van der Waals surface area contributed by atoms with E-state index in [4.69, 9.17) is 33.2 Å². The summed E-state index contributed by atoms with van der Waals surface area (Å²) in [7, 11) is 0. The van der Waals surface area contributed by atoms with E-state index in [1.165, 1.54) is 0 Å². The van der Waals surface area contributed by atoms with Crippen LogP contribution < -0.4 is 0 Å². The van der Waals surface area contributed by atoms with E-state index in [0.717, 1.165) is 27.7 Å². The molecule has 2 heterocycles. The summed E-state index contributed by atoms with van der Waals surface area (Å²) in [5, 5.41) is 40.1. The Morgan fingerprint density at radius 3 is 1.74 bits per heavy atom. The lowest BCUT2D eigenvalue weighted by Gasteiger charge is -2.47. The van der Waals surface area contributed by atoms with Crippen molar-refractivity contribution in [2.45, 2.75) is 89.1 Å². The lowest BCUT2D eigenvalue weighted by molar-refractivity contribution is -0.357. The van der Waals surface area contributed by atoms with Gasteiger partial charge in [-0.15, -0.1) is 0 Å². The first-order chi connectivity index (χ1) is 16.3. The fourth-order valence-electron chi connectivity index (χ4n) is 3.68. The van der Waals surface area contributed by atoms with Gasteiger partial charge < -0.3 is 53.6 Å². The third-order valence-electron chi connectivity index (χ3n) is 5.08. The van der Waals surface area contributed by atoms with Gasteiger partial charge in [-0.05, 0) is 0 Å². The molecule has 0 radical (unpaired) electrons. The maximum Gasteiger partial charge on any atom is 0.303 e. The molecule has 15 nitrogen and oxygen atoms in total. The van der Waals surface area contributed by atoms with Crippen molar-refractivity contribution in [3.8, 4) is 0 Å². The second-order valence-electron chi connectivity index (χ2n) is 7.90. The topological polar surface area (TPSA) is 214 Å². The van der Waals surface area contributed by atoms with E-state index in [1.54, 1.807) is 0 Å². The van der Waals surface area contributed by atoms with Gasteiger partial charge in [0.25, 0.3) is 0 Å². The zero-order valence-electron chi connectivity index (χ0n) is 19.5. The van der Waals surface area contributed by atoms with E-state index >= 15 is 0 Å². The number of rotatable bonds is 8. The summed E-state index contributed by atoms with van der Waals surface area (Å²) in [4.78, 5) is 46.8. The van der Waals surface area contributed by atoms with Gasteiger partial charge >= 0.3 is 23.9 Å². The number of carbonyl (C=O) groups excluding carboxylic acids is 4. The van der Waals surface area contributed by atoms with E-state index in [1.807, 2.05) is 0 Å². The highest BCUT2D eigenvalue weighted by Gasteiger charge is 2.55. The Hall–Kier alpha value is -2.40. The van der Waals surface area contributed by atoms with Crippen LogP contribution in [-0.2, 0) is 52.3 Å². The van der Waals surface area contributed by atoms with Crippen molar-refractivity contribution in [3.05, 3.63) is 0 Å². The standard InChI is InChI=1S/C20H30O15/c1-7(22)29-6-12-15(30-8(2)23)17(31-9(3)24)18(32-10(4)25)20(34-12)35-16-13(26)11(5-21)33-19(28)14(16)27/h11-21,26-28H,5-6H2,1-4H3/t11-,12-,13-,14-,15-,16+,17+,18-,19-,20+/m1/s1. The van der Waals surface area contributed by atoms with Crippen molar-refractivity contribution >= 4 is 23.9 Å². The Labute approximate surface area is 199 Å². The molecule has 2 aliphatic rings. The Morgan fingerprint density at radius 1 is 0.686 bits per heavy atom. The molecule has 2 fully saturated rings. The predicted octanol–water partition coefficient (Wildman–Crippen LogP) is -3.11. The molecule has 2 rings (SSSR count). The van der Waals surface area contributed by atoms with Gasteiger partial charge in [-0.3, -0.25) is 19.2 Å². The summed E-state index contributed by atoms with van der Waals surface area (Å²) >= 11 is 0. The summed E-state index contributed by atoms with van der Waals surface area (Å²) in [5.74, 6) is -3.29. The van der Waals surface area contributed by atoms with Crippen LogP contribution in [-0.4, -0.2) is 119 Å². The fourth-order valence-corrected chi connectivity index (χ4v) is 3.68. The lowest BCUT2D eigenvalue weighted by Crippen LogP contribution is -2.66. The van der Waals surface area contributed by atoms with Crippen LogP contribution in [0, 0.1) is 0 Å². The maximum atomic E-state index is 11.8. The minimum atomic E-state index is -1.87. The minimum Gasteiger partial charge on any atom is -0.463 e. The van der Waals surface area contributed by atoms with Gasteiger partial charge in [0.05, 0.1) is 6.61 Å². The summed E-state index contributed by atoms with van der Waals surface area (Å²) in [6.07, 6.45) is -16.0. The zero-order chi connectivity index (χ0) is 26.4. The van der Waals surface area contributed by atoms with Crippen LogP contribution in [0.4, 0.5) is 0 Å². The van der Waals surface area contributed by atoms with Gasteiger partial charge in [0, 0.05) is 27.7 Å². The van der Waals surface area contributed by atoms with Gasteiger partial charge in [0.1, 0.15) is 37.1 Å². The van der Waals surface area contributed by atoms with Crippen LogP contribution in [0.1, 0.15) is 27.7 Å². The Bertz CT molecular complexity index is 772. The van der Waals surface area contributed by atoms with Gasteiger partial charge in [-0.25, -0.2) is 0 Å². The molecule has 0 aromatic heterocycles. The third-order valence-corrected chi connectivity index (χ3v) is 5.08. The molecule has 0 spiro atoms. The molecule has 0 aromatic rings. The molecule has 15 heteroatoms. The molecule has 10 atom stereocenters. The molecule has 0 aliphatic carbocycles. The van der Waals surface area contributed by atoms with Crippen molar-refractivity contribution in [1.29, 1.82) is 0 Å². The second-order valence-corrected chi connectivity index (χ2v) is 7.90. The van der Waals surface area contributed by atoms with E-state index in [-0.39, 0.29) is 0 Å². The molecular weight excluding hydrogens is 480 g/mol. The van der Waals surface area contributed by atoms with Crippen molar-refractivity contribution in [2.75, 3.05) is 13.2 Å². The average Bonchev–Trinajstić information content (AvgIpc) is 2.75. The Morgan fingerprint density at radius 2 is 1.23 bits per heavy atom. The number of hydrogen-bond donors (Lipinski definition) is 4. The Kier molecular flexibility index (Phi) is 10.3. The van der Waals surface area contributed by atoms with Crippen molar-refractivity contribution in [3.63, 3.8) is 0 Å². The number of esters is 4. The summed E-state index contributed by atoms with van der Waals surface area (Å²) in [5.41, 5.74) is 0. The summed E-state index contributed by atoms with van der Waals surface area (Å²) in [6.45, 7) is 2.96. The lowest BCUT2D eigenvalue weighted by atomic mass is 9.96. The first kappa shape index (κ1) is 28.8. The van der Waals surface area contributed by atoms with Crippen LogP contribution >= 0.6 is 0 Å². The van der Waals surface area contributed by atoms with E-state index in [9.17, 15) is 39.6 Å². The number of aliphatic hydroxyl groups is 4. The van der Waals surface area contributed by atoms with Crippen molar-refractivity contribution < 1.29 is 72.8 Å². The monoisotopic (exact) mass is 510 g/mol. The highest BCUT2D eigenvalue weighted by Crippen LogP contribution is 2.33. The van der Waals surface area contributed by atoms with E-state index in [0.29, 0.717) is 0 Å². The quantitative estimate of drug-likeness (QED) is 0.188. The third kappa shape index (κ3) is 7.54. The molecule has 0 amide bonds. The molecule has 2 aliphatic heterocycles. The van der Waals surface area contributed by atoms with Crippen LogP contribution in [0.3, 0.4) is 0 Å². The zero-order valence-corrected chi connectivity index (χ0v) is 19.5. The van der Waals surface area contributed by atoms with Gasteiger partial charge in [0.2, 0.25) is 0 Å². The van der Waals surface area contributed by atoms with E-state index in [2.05, 4.69) is 0 Å². The molecular formula is C20H30O15. The number of ether oxygens (including phenoxy) is 7. The molecule has 200 valence electrons. The first-order valence-electron chi connectivity index (χ1n) is 10.6. The Balaban J connectivity index is 2.46. The van der Waals surface area contributed by atoms with Crippen LogP contribution in [0.2, 0.25) is 0 Å². The second kappa shape index (κ2) is 12.5. The van der Waals surface area contributed by atoms with Crippen molar-refractivity contribution in [2.24, 2.45) is 0 Å². The molecule has 0 aromatic carbocycles. The van der Waals surface area contributed by atoms with Gasteiger partial charge in [0.15, 0.2) is 30.9 Å². The highest BCUT2D eigenvalue weighted by atomic mass is 16.7. The van der Waals surface area contributed by atoms with Crippen LogP contribution in [0.5, 0.6) is 0 Å². The molecule has 0 saturated carbocycles. The minimum absolute atomic E-state index is 0.515. The number of carbonyl (C=O) groups is 4. The normalized spacial score (nSPS) is 37.1. The molecule has 35 heavy (non-hydrogen) atoms. The predicted molar refractivity (Wildman–Crippen MR) is 107 cm³/mol. The molecule has 0 bridgehead atoms. The maximum absolute atomic E-state index is 11.8. The first-order valence-corrected chi connectivity index (χ1v) is 10.6. The fraction of sp³-hybridized carbons (Fsp3) is 0.800. The SMILES string of the molecule is CC(=O)OC[C@H]1O[C@@H](O[C@@H]2[C@@H](O)[C@H](O)O[C@H](CO)[C@H]2O)[C@H](OC(C)=O)[C@@H](OC(C)=O)[C@@H]1OC(C)=O. The van der Waals surface area contributed by atoms with Crippen molar-refractivity contribution in [1.82, 2.24) is 0 Å².